The standard InChI is InChI=1S/C25H22ClNO5/c1-16-8-6-7-11-19(16)15-32-23-20(26)12-17(14-22(23)31-2)13-21(25(29)30)27-24(28)18-9-4-3-5-10-18/h3-14H,15H2,1-2H3,(H,27,28)(H,29,30)/b21-13+. The molecule has 0 aliphatic carbocycles. The molecular weight excluding hydrogens is 430 g/mol. The molecule has 2 N–H and O–H groups in total. The van der Waals surface area contributed by atoms with Crippen molar-refractivity contribution in [3.63, 3.8) is 0 Å². The molecule has 3 aromatic rings. The lowest BCUT2D eigenvalue weighted by Gasteiger charge is -2.15. The number of carboxylic acids is 1. The van der Waals surface area contributed by atoms with E-state index in [1.165, 1.54) is 13.2 Å². The van der Waals surface area contributed by atoms with E-state index in [0.29, 0.717) is 29.2 Å². The van der Waals surface area contributed by atoms with Crippen LogP contribution in [-0.2, 0) is 11.4 Å². The van der Waals surface area contributed by atoms with Gasteiger partial charge in [-0.25, -0.2) is 4.79 Å². The van der Waals surface area contributed by atoms with Crippen molar-refractivity contribution in [1.29, 1.82) is 0 Å². The number of halogens is 1. The van der Waals surface area contributed by atoms with Gasteiger partial charge in [0, 0.05) is 5.56 Å². The number of rotatable bonds is 8. The van der Waals surface area contributed by atoms with Crippen LogP contribution in [0.2, 0.25) is 5.02 Å². The summed E-state index contributed by atoms with van der Waals surface area (Å²) in [6.07, 6.45) is 1.31. The number of benzene rings is 3. The highest BCUT2D eigenvalue weighted by Crippen LogP contribution is 2.37. The lowest BCUT2D eigenvalue weighted by molar-refractivity contribution is -0.132. The predicted octanol–water partition coefficient (Wildman–Crippen LogP) is 5.09. The highest BCUT2D eigenvalue weighted by Gasteiger charge is 2.16. The van der Waals surface area contributed by atoms with Crippen molar-refractivity contribution in [2.24, 2.45) is 0 Å². The van der Waals surface area contributed by atoms with E-state index in [0.717, 1.165) is 11.1 Å². The SMILES string of the molecule is COc1cc(/C=C(/NC(=O)c2ccccc2)C(=O)O)cc(Cl)c1OCc1ccccc1C. The van der Waals surface area contributed by atoms with E-state index in [2.05, 4.69) is 5.32 Å². The monoisotopic (exact) mass is 451 g/mol. The second-order valence-corrected chi connectivity index (χ2v) is 7.34. The third-order valence-corrected chi connectivity index (χ3v) is 4.99. The molecule has 1 amide bonds. The van der Waals surface area contributed by atoms with Crippen molar-refractivity contribution in [2.75, 3.05) is 7.11 Å². The van der Waals surface area contributed by atoms with E-state index in [1.54, 1.807) is 42.5 Å². The third kappa shape index (κ3) is 5.68. The Bertz CT molecular complexity index is 1160. The van der Waals surface area contributed by atoms with Gasteiger partial charge in [0.25, 0.3) is 5.91 Å². The molecule has 0 spiro atoms. The molecule has 0 saturated heterocycles. The number of hydrogen-bond acceptors (Lipinski definition) is 4. The molecule has 0 aliphatic rings. The highest BCUT2D eigenvalue weighted by atomic mass is 35.5. The summed E-state index contributed by atoms with van der Waals surface area (Å²) in [6.45, 7) is 2.29. The third-order valence-electron chi connectivity index (χ3n) is 4.71. The Balaban J connectivity index is 1.85. The summed E-state index contributed by atoms with van der Waals surface area (Å²) in [7, 11) is 1.47. The van der Waals surface area contributed by atoms with Crippen molar-refractivity contribution < 1.29 is 24.2 Å². The Hall–Kier alpha value is -3.77. The van der Waals surface area contributed by atoms with Gasteiger partial charge in [-0.2, -0.15) is 0 Å². The molecular formula is C25H22ClNO5. The molecule has 0 aromatic heterocycles. The molecule has 6 nitrogen and oxygen atoms in total. The first kappa shape index (κ1) is 22.9. The number of carbonyl (C=O) groups excluding carboxylic acids is 1. The Morgan fingerprint density at radius 2 is 1.75 bits per heavy atom. The fraction of sp³-hybridized carbons (Fsp3) is 0.120. The van der Waals surface area contributed by atoms with E-state index >= 15 is 0 Å². The van der Waals surface area contributed by atoms with Gasteiger partial charge in [-0.05, 0) is 54.0 Å². The van der Waals surface area contributed by atoms with Crippen LogP contribution in [0, 0.1) is 6.92 Å². The van der Waals surface area contributed by atoms with E-state index < -0.39 is 11.9 Å². The van der Waals surface area contributed by atoms with Crippen LogP contribution in [0.25, 0.3) is 6.08 Å². The second-order valence-electron chi connectivity index (χ2n) is 6.93. The Morgan fingerprint density at radius 1 is 1.06 bits per heavy atom. The van der Waals surface area contributed by atoms with Gasteiger partial charge >= 0.3 is 5.97 Å². The zero-order chi connectivity index (χ0) is 23.1. The second kappa shape index (κ2) is 10.5. The number of aryl methyl sites for hydroxylation is 1. The molecule has 32 heavy (non-hydrogen) atoms. The van der Waals surface area contributed by atoms with E-state index in [4.69, 9.17) is 21.1 Å². The summed E-state index contributed by atoms with van der Waals surface area (Å²) < 4.78 is 11.3. The maximum atomic E-state index is 12.4. The molecule has 3 rings (SSSR count). The van der Waals surface area contributed by atoms with Crippen molar-refractivity contribution in [3.05, 3.63) is 99.7 Å². The summed E-state index contributed by atoms with van der Waals surface area (Å²) in [6, 6.07) is 19.3. The molecule has 0 saturated carbocycles. The molecule has 0 bridgehead atoms. The lowest BCUT2D eigenvalue weighted by atomic mass is 10.1. The normalized spacial score (nSPS) is 11.0. The number of ether oxygens (including phenoxy) is 2. The van der Waals surface area contributed by atoms with Crippen molar-refractivity contribution in [1.82, 2.24) is 5.32 Å². The van der Waals surface area contributed by atoms with E-state index in [1.807, 2.05) is 31.2 Å². The van der Waals surface area contributed by atoms with Gasteiger partial charge < -0.3 is 19.9 Å². The first-order valence-corrected chi connectivity index (χ1v) is 10.1. The maximum Gasteiger partial charge on any atom is 0.352 e. The summed E-state index contributed by atoms with van der Waals surface area (Å²) in [5.41, 5.74) is 2.57. The van der Waals surface area contributed by atoms with Crippen LogP contribution in [0.4, 0.5) is 0 Å². The van der Waals surface area contributed by atoms with Crippen LogP contribution < -0.4 is 14.8 Å². The van der Waals surface area contributed by atoms with Crippen LogP contribution in [0.1, 0.15) is 27.0 Å². The Morgan fingerprint density at radius 3 is 2.41 bits per heavy atom. The average Bonchev–Trinajstić information content (AvgIpc) is 2.79. The quantitative estimate of drug-likeness (QED) is 0.466. The molecule has 7 heteroatoms. The summed E-state index contributed by atoms with van der Waals surface area (Å²) in [5, 5.41) is 12.2. The van der Waals surface area contributed by atoms with Crippen LogP contribution in [0.15, 0.2) is 72.4 Å². The Labute approximate surface area is 191 Å². The number of carboxylic acid groups (broad SMARTS) is 1. The van der Waals surface area contributed by atoms with Crippen molar-refractivity contribution >= 4 is 29.6 Å². The van der Waals surface area contributed by atoms with E-state index in [9.17, 15) is 14.7 Å². The fourth-order valence-corrected chi connectivity index (χ4v) is 3.26. The van der Waals surface area contributed by atoms with E-state index in [-0.39, 0.29) is 10.7 Å². The van der Waals surface area contributed by atoms with Crippen molar-refractivity contribution in [2.45, 2.75) is 13.5 Å². The van der Waals surface area contributed by atoms with Gasteiger partial charge in [0.2, 0.25) is 0 Å². The van der Waals surface area contributed by atoms with Gasteiger partial charge in [0.05, 0.1) is 12.1 Å². The Kier molecular flexibility index (Phi) is 7.52. The summed E-state index contributed by atoms with van der Waals surface area (Å²) >= 11 is 6.41. The van der Waals surface area contributed by atoms with Gasteiger partial charge in [0.15, 0.2) is 11.5 Å². The minimum atomic E-state index is -1.29. The maximum absolute atomic E-state index is 12.4. The average molecular weight is 452 g/mol. The lowest BCUT2D eigenvalue weighted by Crippen LogP contribution is -2.27. The smallest absolute Gasteiger partial charge is 0.352 e. The molecule has 0 unspecified atom stereocenters. The minimum absolute atomic E-state index is 0.253. The van der Waals surface area contributed by atoms with Crippen LogP contribution in [-0.4, -0.2) is 24.1 Å². The van der Waals surface area contributed by atoms with Gasteiger partial charge in [-0.1, -0.05) is 54.1 Å². The zero-order valence-corrected chi connectivity index (χ0v) is 18.3. The number of methoxy groups -OCH3 is 1. The zero-order valence-electron chi connectivity index (χ0n) is 17.6. The van der Waals surface area contributed by atoms with Gasteiger partial charge in [-0.15, -0.1) is 0 Å². The van der Waals surface area contributed by atoms with Crippen LogP contribution in [0.3, 0.4) is 0 Å². The summed E-state index contributed by atoms with van der Waals surface area (Å²) in [5.74, 6) is -1.13. The number of amides is 1. The molecule has 3 aromatic carbocycles. The predicted molar refractivity (Wildman–Crippen MR) is 123 cm³/mol. The number of carbonyl (C=O) groups is 2. The first-order valence-electron chi connectivity index (χ1n) is 9.75. The molecule has 0 radical (unpaired) electrons. The molecule has 164 valence electrons. The minimum Gasteiger partial charge on any atom is -0.493 e. The molecule has 0 heterocycles. The number of aliphatic carboxylic acids is 1. The molecule has 0 aliphatic heterocycles. The highest BCUT2D eigenvalue weighted by molar-refractivity contribution is 6.32. The molecule has 0 atom stereocenters. The summed E-state index contributed by atoms with van der Waals surface area (Å²) in [4.78, 5) is 24.1. The van der Waals surface area contributed by atoms with Crippen LogP contribution in [0.5, 0.6) is 11.5 Å². The number of hydrogen-bond donors (Lipinski definition) is 2. The number of nitrogens with one attached hydrogen (secondary N) is 1. The van der Waals surface area contributed by atoms with Crippen LogP contribution >= 0.6 is 11.6 Å². The van der Waals surface area contributed by atoms with Crippen molar-refractivity contribution in [3.8, 4) is 11.5 Å². The largest absolute Gasteiger partial charge is 0.493 e. The fourth-order valence-electron chi connectivity index (χ4n) is 2.99. The topological polar surface area (TPSA) is 84.9 Å². The first-order chi connectivity index (χ1) is 15.4. The van der Waals surface area contributed by atoms with Gasteiger partial charge in [-0.3, -0.25) is 4.79 Å². The van der Waals surface area contributed by atoms with Gasteiger partial charge in [0.1, 0.15) is 12.3 Å². The molecule has 0 fully saturated rings.